The fourth-order valence-corrected chi connectivity index (χ4v) is 1.95. The molecule has 1 aromatic rings. The van der Waals surface area contributed by atoms with E-state index in [2.05, 4.69) is 0 Å². The number of benzene rings is 1. The topological polar surface area (TPSA) is 55.6 Å². The molecule has 1 rings (SSSR count). The Hall–Kier alpha value is -1.92. The first-order chi connectivity index (χ1) is 9.80. The normalized spacial score (nSPS) is 11.3. The molecule has 0 unspecified atom stereocenters. The highest BCUT2D eigenvalue weighted by Crippen LogP contribution is 2.27. The summed E-state index contributed by atoms with van der Waals surface area (Å²) in [7, 11) is 0. The number of carbonyl (C=O) groups excluding carboxylic acids is 1. The van der Waals surface area contributed by atoms with Crippen LogP contribution in [0, 0.1) is 0 Å². The molecular formula is C14H19F3N2O2. The van der Waals surface area contributed by atoms with Crippen molar-refractivity contribution >= 4 is 11.6 Å². The third kappa shape index (κ3) is 4.84. The maximum atomic E-state index is 12.6. The molecule has 0 bridgehead atoms. The van der Waals surface area contributed by atoms with Gasteiger partial charge >= 0.3 is 6.18 Å². The minimum atomic E-state index is -4.46. The molecule has 2 N–H and O–H groups in total. The Balaban J connectivity index is 3.14. The number of rotatable bonds is 6. The maximum absolute atomic E-state index is 12.6. The van der Waals surface area contributed by atoms with Crippen LogP contribution in [-0.2, 0) is 0 Å². The average Bonchev–Trinajstić information content (AvgIpc) is 2.36. The number of anilines is 1. The molecule has 1 aromatic carbocycles. The van der Waals surface area contributed by atoms with E-state index < -0.39 is 18.6 Å². The van der Waals surface area contributed by atoms with Gasteiger partial charge in [0.2, 0.25) is 0 Å². The van der Waals surface area contributed by atoms with Gasteiger partial charge in [-0.2, -0.15) is 13.2 Å². The van der Waals surface area contributed by atoms with Crippen LogP contribution in [0.15, 0.2) is 18.2 Å². The summed E-state index contributed by atoms with van der Waals surface area (Å²) in [6.45, 7) is 2.40. The number of hydrogen-bond acceptors (Lipinski definition) is 3. The molecule has 0 atom stereocenters. The predicted octanol–water partition coefficient (Wildman–Crippen LogP) is 3.08. The fraction of sp³-hybridized carbons (Fsp3) is 0.500. The number of alkyl halides is 3. The van der Waals surface area contributed by atoms with Crippen LogP contribution in [0.4, 0.5) is 18.9 Å². The van der Waals surface area contributed by atoms with Gasteiger partial charge in [0.15, 0.2) is 0 Å². The van der Waals surface area contributed by atoms with Crippen molar-refractivity contribution in [2.75, 3.05) is 25.4 Å². The summed E-state index contributed by atoms with van der Waals surface area (Å²) in [5.41, 5.74) is 5.83. The number of ether oxygens (including phenoxy) is 1. The summed E-state index contributed by atoms with van der Waals surface area (Å²) < 4.78 is 43.1. The van der Waals surface area contributed by atoms with Crippen LogP contribution in [-0.4, -0.2) is 36.7 Å². The summed E-state index contributed by atoms with van der Waals surface area (Å²) in [5, 5.41) is 0. The van der Waals surface area contributed by atoms with Gasteiger partial charge in [-0.05, 0) is 25.5 Å². The van der Waals surface area contributed by atoms with Gasteiger partial charge in [0, 0.05) is 12.2 Å². The SMILES string of the molecule is CCCN(CC(F)(F)F)C(=O)c1c(N)cccc1OCC. The van der Waals surface area contributed by atoms with Crippen molar-refractivity contribution in [3.05, 3.63) is 23.8 Å². The van der Waals surface area contributed by atoms with Crippen molar-refractivity contribution in [2.45, 2.75) is 26.4 Å². The van der Waals surface area contributed by atoms with Gasteiger partial charge < -0.3 is 15.4 Å². The molecule has 0 fully saturated rings. The first-order valence-electron chi connectivity index (χ1n) is 6.67. The second-order valence-electron chi connectivity index (χ2n) is 4.50. The lowest BCUT2D eigenvalue weighted by Crippen LogP contribution is -2.39. The third-order valence-corrected chi connectivity index (χ3v) is 2.72. The van der Waals surface area contributed by atoms with Gasteiger partial charge in [0.25, 0.3) is 5.91 Å². The molecule has 1 amide bonds. The lowest BCUT2D eigenvalue weighted by Gasteiger charge is -2.25. The molecule has 21 heavy (non-hydrogen) atoms. The molecule has 4 nitrogen and oxygen atoms in total. The van der Waals surface area contributed by atoms with Crippen LogP contribution in [0.3, 0.4) is 0 Å². The van der Waals surface area contributed by atoms with Crippen LogP contribution in [0.1, 0.15) is 30.6 Å². The van der Waals surface area contributed by atoms with Crippen molar-refractivity contribution in [2.24, 2.45) is 0 Å². The van der Waals surface area contributed by atoms with Crippen molar-refractivity contribution in [1.29, 1.82) is 0 Å². The second-order valence-corrected chi connectivity index (χ2v) is 4.50. The van der Waals surface area contributed by atoms with Gasteiger partial charge in [0.1, 0.15) is 17.9 Å². The lowest BCUT2D eigenvalue weighted by atomic mass is 10.1. The third-order valence-electron chi connectivity index (χ3n) is 2.72. The maximum Gasteiger partial charge on any atom is 0.406 e. The summed E-state index contributed by atoms with van der Waals surface area (Å²) >= 11 is 0. The Morgan fingerprint density at radius 2 is 2.00 bits per heavy atom. The number of nitrogens with two attached hydrogens (primary N) is 1. The minimum Gasteiger partial charge on any atom is -0.493 e. The molecule has 0 aliphatic rings. The van der Waals surface area contributed by atoms with Crippen molar-refractivity contribution in [3.63, 3.8) is 0 Å². The number of amides is 1. The van der Waals surface area contributed by atoms with Crippen molar-refractivity contribution < 1.29 is 22.7 Å². The summed E-state index contributed by atoms with van der Waals surface area (Å²) in [5.74, 6) is -0.568. The van der Waals surface area contributed by atoms with E-state index in [1.165, 1.54) is 12.1 Å². The van der Waals surface area contributed by atoms with Crippen LogP contribution in [0.25, 0.3) is 0 Å². The highest BCUT2D eigenvalue weighted by molar-refractivity contribution is 6.01. The fourth-order valence-electron chi connectivity index (χ4n) is 1.95. The molecule has 0 aliphatic heterocycles. The number of hydrogen-bond donors (Lipinski definition) is 1. The number of nitrogens with zero attached hydrogens (tertiary/aromatic N) is 1. The number of halogens is 3. The van der Waals surface area contributed by atoms with Crippen molar-refractivity contribution in [3.8, 4) is 5.75 Å². The molecule has 0 heterocycles. The van der Waals surface area contributed by atoms with E-state index in [0.717, 1.165) is 4.90 Å². The minimum absolute atomic E-state index is 0.00174. The first kappa shape index (κ1) is 17.1. The van der Waals surface area contributed by atoms with Crippen molar-refractivity contribution in [1.82, 2.24) is 4.90 Å². The molecular weight excluding hydrogens is 285 g/mol. The van der Waals surface area contributed by atoms with E-state index >= 15 is 0 Å². The van der Waals surface area contributed by atoms with E-state index in [1.54, 1.807) is 19.9 Å². The molecule has 0 aromatic heterocycles. The largest absolute Gasteiger partial charge is 0.493 e. The van der Waals surface area contributed by atoms with Crippen LogP contribution in [0.5, 0.6) is 5.75 Å². The van der Waals surface area contributed by atoms with Gasteiger partial charge in [-0.3, -0.25) is 4.79 Å². The zero-order valence-corrected chi connectivity index (χ0v) is 12.0. The number of nitrogen functional groups attached to an aromatic ring is 1. The van der Waals surface area contributed by atoms with Crippen LogP contribution in [0.2, 0.25) is 0 Å². The van der Waals surface area contributed by atoms with Crippen LogP contribution >= 0.6 is 0 Å². The molecule has 7 heteroatoms. The van der Waals surface area contributed by atoms with E-state index in [4.69, 9.17) is 10.5 Å². The van der Waals surface area contributed by atoms with Gasteiger partial charge in [-0.15, -0.1) is 0 Å². The van der Waals surface area contributed by atoms with Gasteiger partial charge in [-0.25, -0.2) is 0 Å². The smallest absolute Gasteiger partial charge is 0.406 e. The summed E-state index contributed by atoms with van der Waals surface area (Å²) in [6.07, 6.45) is -4.04. The zero-order chi connectivity index (χ0) is 16.0. The monoisotopic (exact) mass is 304 g/mol. The van der Waals surface area contributed by atoms with E-state index in [0.29, 0.717) is 6.42 Å². The molecule has 0 radical (unpaired) electrons. The Labute approximate surface area is 121 Å². The van der Waals surface area contributed by atoms with Gasteiger partial charge in [0.05, 0.1) is 6.61 Å². The zero-order valence-electron chi connectivity index (χ0n) is 12.0. The standard InChI is InChI=1S/C14H19F3N2O2/c1-3-8-19(9-14(15,16)17)13(20)12-10(18)6-5-7-11(12)21-4-2/h5-7H,3-4,8-9,18H2,1-2H3. The highest BCUT2D eigenvalue weighted by Gasteiger charge is 2.34. The second kappa shape index (κ2) is 7.19. The molecule has 0 saturated carbocycles. The molecule has 0 spiro atoms. The average molecular weight is 304 g/mol. The van der Waals surface area contributed by atoms with E-state index in [1.807, 2.05) is 0 Å². The summed E-state index contributed by atoms with van der Waals surface area (Å²) in [4.78, 5) is 13.1. The number of carbonyl (C=O) groups is 1. The van der Waals surface area contributed by atoms with Crippen LogP contribution < -0.4 is 10.5 Å². The predicted molar refractivity (Wildman–Crippen MR) is 74.3 cm³/mol. The van der Waals surface area contributed by atoms with E-state index in [-0.39, 0.29) is 30.2 Å². The summed E-state index contributed by atoms with van der Waals surface area (Å²) in [6, 6.07) is 4.57. The van der Waals surface area contributed by atoms with E-state index in [9.17, 15) is 18.0 Å². The quantitative estimate of drug-likeness (QED) is 0.822. The Kier molecular flexibility index (Phi) is 5.87. The molecule has 0 saturated heterocycles. The Morgan fingerprint density at radius 3 is 2.52 bits per heavy atom. The molecule has 0 aliphatic carbocycles. The first-order valence-corrected chi connectivity index (χ1v) is 6.67. The molecule has 118 valence electrons. The Bertz CT molecular complexity index is 490. The van der Waals surface area contributed by atoms with Gasteiger partial charge in [-0.1, -0.05) is 13.0 Å². The highest BCUT2D eigenvalue weighted by atomic mass is 19.4. The Morgan fingerprint density at radius 1 is 1.33 bits per heavy atom. The lowest BCUT2D eigenvalue weighted by molar-refractivity contribution is -0.140.